The lowest BCUT2D eigenvalue weighted by Crippen LogP contribution is -2.16. The summed E-state index contributed by atoms with van der Waals surface area (Å²) in [7, 11) is -19.2. The molecule has 0 bridgehead atoms. The Labute approximate surface area is 420 Å². The molecular formula is C43H33N9O17S5. The van der Waals surface area contributed by atoms with Crippen LogP contribution in [-0.4, -0.2) is 95.2 Å². The maximum absolute atomic E-state index is 14.0. The average molecular weight is 1110 g/mol. The minimum Gasteiger partial charge on any atom is -0.505 e. The summed E-state index contributed by atoms with van der Waals surface area (Å²) in [5.74, 6) is -2.96. The number of nitrogens with one attached hydrogen (secondary N) is 1. The number of carboxylic acid groups (broad SMARTS) is 1. The second-order valence-electron chi connectivity index (χ2n) is 15.5. The number of nitrogens with zero attached hydrogens (tertiary/aromatic N) is 8. The molecule has 7 N–H and O–H groups in total. The molecule has 0 aliphatic carbocycles. The highest BCUT2D eigenvalue weighted by atomic mass is 32.2. The van der Waals surface area contributed by atoms with Crippen molar-refractivity contribution in [1.82, 2.24) is 14.8 Å². The Morgan fingerprint density at radius 2 is 1.39 bits per heavy atom. The molecule has 0 atom stereocenters. The highest BCUT2D eigenvalue weighted by molar-refractivity contribution is 7.86. The lowest BCUT2D eigenvalue weighted by molar-refractivity contribution is 0.0696. The number of phenolic OH excluding ortho intramolecular Hbond substituents is 1. The monoisotopic (exact) mass is 1110 g/mol. The zero-order valence-corrected chi connectivity index (χ0v) is 41.3. The number of aromatic nitrogens is 3. The van der Waals surface area contributed by atoms with Gasteiger partial charge in [-0.25, -0.2) is 14.5 Å². The number of phenols is 1. The number of aryl methyl sites for hydroxylation is 1. The Kier molecular flexibility index (Phi) is 14.2. The Balaban J connectivity index is 1.16. The molecular weight excluding hydrogens is 1070 g/mol. The van der Waals surface area contributed by atoms with Gasteiger partial charge in [-0.05, 0) is 73.5 Å². The van der Waals surface area contributed by atoms with E-state index in [-0.39, 0.29) is 68.6 Å². The van der Waals surface area contributed by atoms with Crippen LogP contribution in [0.3, 0.4) is 0 Å². The highest BCUT2D eigenvalue weighted by Crippen LogP contribution is 2.44. The van der Waals surface area contributed by atoms with Gasteiger partial charge < -0.3 is 14.9 Å². The van der Waals surface area contributed by atoms with E-state index >= 15 is 0 Å². The number of H-pyrrole nitrogens is 1. The first-order valence-electron chi connectivity index (χ1n) is 20.6. The summed E-state index contributed by atoms with van der Waals surface area (Å²) in [6.07, 6.45) is -0.175. The molecule has 0 unspecified atom stereocenters. The molecule has 8 aromatic rings. The molecule has 0 saturated heterocycles. The van der Waals surface area contributed by atoms with Crippen LogP contribution in [-0.2, 0) is 40.5 Å². The number of para-hydroxylation sites is 1. The maximum Gasteiger partial charge on any atom is 0.335 e. The van der Waals surface area contributed by atoms with E-state index in [1.54, 1.807) is 31.2 Å². The first-order chi connectivity index (χ1) is 34.8. The second kappa shape index (κ2) is 20.1. The van der Waals surface area contributed by atoms with Crippen LogP contribution in [0.2, 0.25) is 0 Å². The van der Waals surface area contributed by atoms with Crippen molar-refractivity contribution in [3.63, 3.8) is 0 Å². The number of thiazole rings is 1. The molecule has 74 heavy (non-hydrogen) atoms. The molecule has 0 fully saturated rings. The first-order valence-corrected chi connectivity index (χ1v) is 27.4. The van der Waals surface area contributed by atoms with E-state index in [4.69, 9.17) is 4.74 Å². The van der Waals surface area contributed by atoms with Crippen LogP contribution in [0.5, 0.6) is 11.5 Å². The summed E-state index contributed by atoms with van der Waals surface area (Å²) in [6.45, 7) is 1.32. The van der Waals surface area contributed by atoms with Gasteiger partial charge in [-0.3, -0.25) is 28.1 Å². The van der Waals surface area contributed by atoms with Crippen molar-refractivity contribution in [2.75, 3.05) is 12.4 Å². The SMILES string of the molecule is Cc1cc(N=Nc2ccc3c(S(=O)(=O)O)c(N=Nc4c(-c5ccccc5)[nH]n(-c5cc(C(=O)O)cc(S(=O)(=O)O)c5)c4=O)ccc3c2O)c(OCCCS(=O)(=O)O)cc1N=Nc1nc2c(S(=O)(=O)O)cccc2s1. The molecule has 26 nitrogen and oxygen atoms in total. The fourth-order valence-corrected chi connectivity index (χ4v) is 10.5. The van der Waals surface area contributed by atoms with Gasteiger partial charge in [0.1, 0.15) is 38.1 Å². The van der Waals surface area contributed by atoms with Gasteiger partial charge in [-0.15, -0.1) is 30.7 Å². The summed E-state index contributed by atoms with van der Waals surface area (Å²) in [4.78, 5) is 27.9. The van der Waals surface area contributed by atoms with Gasteiger partial charge in [0.25, 0.3) is 46.0 Å². The fourth-order valence-electron chi connectivity index (χ4n) is 7.12. The van der Waals surface area contributed by atoms with Crippen molar-refractivity contribution in [3.05, 3.63) is 125 Å². The molecule has 6 aromatic carbocycles. The van der Waals surface area contributed by atoms with E-state index in [0.717, 1.165) is 46.4 Å². The molecule has 0 saturated carbocycles. The third-order valence-electron chi connectivity index (χ3n) is 10.5. The zero-order valence-electron chi connectivity index (χ0n) is 37.2. The number of hydrogen-bond donors (Lipinski definition) is 7. The number of aromatic amines is 1. The molecule has 382 valence electrons. The number of benzene rings is 6. The van der Waals surface area contributed by atoms with E-state index < -0.39 is 95.1 Å². The molecule has 0 aliphatic rings. The van der Waals surface area contributed by atoms with Crippen LogP contribution in [0.25, 0.3) is 37.9 Å². The van der Waals surface area contributed by atoms with Crippen LogP contribution < -0.4 is 10.3 Å². The summed E-state index contributed by atoms with van der Waals surface area (Å²) in [5, 5.41) is 48.0. The summed E-state index contributed by atoms with van der Waals surface area (Å²) < 4.78 is 143. The minimum atomic E-state index is -5.23. The topological polar surface area (TPSA) is 409 Å². The maximum atomic E-state index is 14.0. The van der Waals surface area contributed by atoms with E-state index in [0.29, 0.717) is 21.9 Å². The Morgan fingerprint density at radius 3 is 2.07 bits per heavy atom. The quantitative estimate of drug-likeness (QED) is 0.0254. The van der Waals surface area contributed by atoms with Gasteiger partial charge in [0.15, 0.2) is 11.4 Å². The molecule has 2 heterocycles. The normalized spacial score (nSPS) is 12.8. The van der Waals surface area contributed by atoms with Crippen LogP contribution in [0.15, 0.2) is 153 Å². The van der Waals surface area contributed by atoms with Gasteiger partial charge in [-0.2, -0.15) is 33.7 Å². The smallest absolute Gasteiger partial charge is 0.335 e. The third kappa shape index (κ3) is 11.4. The van der Waals surface area contributed by atoms with Crippen LogP contribution >= 0.6 is 11.3 Å². The highest BCUT2D eigenvalue weighted by Gasteiger charge is 2.25. The predicted molar refractivity (Wildman–Crippen MR) is 264 cm³/mol. The van der Waals surface area contributed by atoms with E-state index in [9.17, 15) is 71.7 Å². The van der Waals surface area contributed by atoms with Crippen LogP contribution in [0, 0.1) is 6.92 Å². The largest absolute Gasteiger partial charge is 0.505 e. The Bertz CT molecular complexity index is 4230. The number of azo groups is 3. The molecule has 0 amide bonds. The van der Waals surface area contributed by atoms with Gasteiger partial charge in [0.2, 0.25) is 5.13 Å². The van der Waals surface area contributed by atoms with Crippen molar-refractivity contribution in [3.8, 4) is 28.4 Å². The van der Waals surface area contributed by atoms with Gasteiger partial charge in [-0.1, -0.05) is 53.8 Å². The number of carbonyl (C=O) groups is 1. The molecule has 0 spiro atoms. The summed E-state index contributed by atoms with van der Waals surface area (Å²) in [6, 6.07) is 21.8. The van der Waals surface area contributed by atoms with Crippen molar-refractivity contribution in [2.45, 2.75) is 28.0 Å². The van der Waals surface area contributed by atoms with Gasteiger partial charge in [0.05, 0.1) is 44.6 Å². The third-order valence-corrected chi connectivity index (χ3v) is 14.8. The van der Waals surface area contributed by atoms with Gasteiger partial charge >= 0.3 is 5.97 Å². The lowest BCUT2D eigenvalue weighted by atomic mass is 10.1. The molecule has 31 heteroatoms. The molecule has 8 rings (SSSR count). The lowest BCUT2D eigenvalue weighted by Gasteiger charge is -2.11. The number of aromatic carboxylic acids is 1. The van der Waals surface area contributed by atoms with Crippen molar-refractivity contribution in [2.24, 2.45) is 30.7 Å². The van der Waals surface area contributed by atoms with Crippen molar-refractivity contribution in [1.29, 1.82) is 0 Å². The van der Waals surface area contributed by atoms with Crippen molar-refractivity contribution < 1.29 is 71.6 Å². The second-order valence-corrected chi connectivity index (χ2v) is 22.3. The Morgan fingerprint density at radius 1 is 0.716 bits per heavy atom. The number of rotatable bonds is 17. The van der Waals surface area contributed by atoms with Gasteiger partial charge in [0, 0.05) is 22.4 Å². The number of fused-ring (bicyclic) bond motifs is 2. The molecule has 0 aliphatic heterocycles. The van der Waals surface area contributed by atoms with E-state index in [2.05, 4.69) is 40.8 Å². The standard InChI is InChI=1S/C43H33N9O17S5/c1-22-17-32(33(69-15-6-16-71(57,58)59)21-31(22)47-50-43-44-37-34(70-43)9-5-10-35(37)73(63,64)65)48-45-29-13-12-28-27(39(29)53)11-14-30(40(28)74(66,67)68)46-49-38-36(23-7-3-2-4-8-23)51-52(41(38)54)25-18-24(42(55)56)19-26(20-25)72(60,61)62/h2-5,7-14,17-21,51,53H,6,15-16H2,1H3,(H,55,56)(H,57,58,59)(H,60,61,62)(H,63,64,65)(H,66,67,68). The molecule has 0 radical (unpaired) electrons. The predicted octanol–water partition coefficient (Wildman–Crippen LogP) is 8.95. The Hall–Kier alpha value is -8.01. The molecule has 2 aromatic heterocycles. The van der Waals surface area contributed by atoms with E-state index in [1.165, 1.54) is 42.5 Å². The average Bonchev–Trinajstić information content (AvgIpc) is 3.90. The number of hydrogen-bond acceptors (Lipinski definition) is 20. The number of aromatic hydroxyl groups is 1. The number of carboxylic acids is 1. The number of ether oxygens (including phenoxy) is 1. The minimum absolute atomic E-state index is 0.00730. The van der Waals surface area contributed by atoms with Crippen molar-refractivity contribution >= 4 is 112 Å². The first kappa shape index (κ1) is 52.3. The van der Waals surface area contributed by atoms with Crippen LogP contribution in [0.4, 0.5) is 33.6 Å². The zero-order chi connectivity index (χ0) is 53.5. The fraction of sp³-hybridized carbons (Fsp3) is 0.0930. The summed E-state index contributed by atoms with van der Waals surface area (Å²) in [5.41, 5.74) is -2.59. The van der Waals surface area contributed by atoms with E-state index in [1.807, 2.05) is 0 Å². The van der Waals surface area contributed by atoms with Crippen LogP contribution in [0.1, 0.15) is 22.3 Å². The summed E-state index contributed by atoms with van der Waals surface area (Å²) >= 11 is 0.972.